The number of nitrogens with one attached hydrogen (secondary N) is 1. The molecule has 1 aromatic heterocycles. The normalized spacial score (nSPS) is 12.7. The number of aliphatic hydroxyl groups excluding tert-OH is 1. The van der Waals surface area contributed by atoms with Gasteiger partial charge in [0.1, 0.15) is 5.69 Å². The van der Waals surface area contributed by atoms with Crippen molar-refractivity contribution in [1.29, 1.82) is 0 Å². The topological polar surface area (TPSA) is 115 Å². The summed E-state index contributed by atoms with van der Waals surface area (Å²) in [5, 5.41) is 14.0. The third-order valence-corrected chi connectivity index (χ3v) is 8.03. The fourth-order valence-electron chi connectivity index (χ4n) is 3.66. The van der Waals surface area contributed by atoms with Crippen molar-refractivity contribution < 1.29 is 27.9 Å². The lowest BCUT2D eigenvalue weighted by Gasteiger charge is -2.17. The summed E-state index contributed by atoms with van der Waals surface area (Å²) in [4.78, 5) is 24.7. The largest absolute Gasteiger partial charge is 0.462 e. The van der Waals surface area contributed by atoms with E-state index in [0.29, 0.717) is 26.7 Å². The zero-order chi connectivity index (χ0) is 26.1. The molecule has 2 aromatic carbocycles. The maximum atomic E-state index is 13.0. The summed E-state index contributed by atoms with van der Waals surface area (Å²) in [6.07, 6.45) is -0.423. The van der Waals surface area contributed by atoms with E-state index < -0.39 is 46.2 Å². The van der Waals surface area contributed by atoms with Crippen molar-refractivity contribution in [3.63, 3.8) is 0 Å². The number of sulfone groups is 1. The summed E-state index contributed by atoms with van der Waals surface area (Å²) in [6, 6.07) is 8.25. The standard InChI is InChI=1S/C24H26Cl2N2O6S/c1-13(2)34-21(30)12-35(32,33)16-7-5-15(6-8-16)18(11-29)27-24(31)20-10-17-19(28(20)4)9-14(3)22(25)23(17)26/h5-10,13,18,29H,11-12H2,1-4H3,(H,27,31)/t18-/m1/s1. The number of hydrogen-bond donors (Lipinski definition) is 2. The van der Waals surface area contributed by atoms with Gasteiger partial charge >= 0.3 is 5.97 Å². The van der Waals surface area contributed by atoms with E-state index in [1.54, 1.807) is 31.5 Å². The van der Waals surface area contributed by atoms with Crippen molar-refractivity contribution in [2.45, 2.75) is 37.8 Å². The zero-order valence-electron chi connectivity index (χ0n) is 19.6. The Morgan fingerprint density at radius 1 is 1.11 bits per heavy atom. The third-order valence-electron chi connectivity index (χ3n) is 5.45. The van der Waals surface area contributed by atoms with Crippen molar-refractivity contribution in [1.82, 2.24) is 9.88 Å². The fourth-order valence-corrected chi connectivity index (χ4v) is 5.21. The molecule has 0 bridgehead atoms. The molecule has 0 aliphatic rings. The van der Waals surface area contributed by atoms with Gasteiger partial charge in [-0.1, -0.05) is 35.3 Å². The molecular weight excluding hydrogens is 515 g/mol. The van der Waals surface area contributed by atoms with Crippen LogP contribution in [-0.2, 0) is 26.4 Å². The van der Waals surface area contributed by atoms with Gasteiger partial charge < -0.3 is 19.7 Å². The number of aliphatic hydroxyl groups is 1. The van der Waals surface area contributed by atoms with Crippen LogP contribution in [0.2, 0.25) is 10.0 Å². The maximum absolute atomic E-state index is 13.0. The van der Waals surface area contributed by atoms with Crippen molar-refractivity contribution in [3.05, 3.63) is 63.3 Å². The maximum Gasteiger partial charge on any atom is 0.321 e. The number of nitrogens with zero attached hydrogens (tertiary/aromatic N) is 1. The van der Waals surface area contributed by atoms with Crippen LogP contribution in [0.15, 0.2) is 41.3 Å². The molecule has 0 aliphatic carbocycles. The predicted molar refractivity (Wildman–Crippen MR) is 135 cm³/mol. The lowest BCUT2D eigenvalue weighted by molar-refractivity contribution is -0.144. The van der Waals surface area contributed by atoms with E-state index in [-0.39, 0.29) is 4.90 Å². The van der Waals surface area contributed by atoms with Gasteiger partial charge in [0, 0.05) is 12.4 Å². The molecule has 1 heterocycles. The summed E-state index contributed by atoms with van der Waals surface area (Å²) >= 11 is 12.6. The molecule has 0 unspecified atom stereocenters. The zero-order valence-corrected chi connectivity index (χ0v) is 22.0. The van der Waals surface area contributed by atoms with Gasteiger partial charge in [-0.3, -0.25) is 9.59 Å². The number of amides is 1. The number of carbonyl (C=O) groups is 2. The number of halogens is 2. The Labute approximate surface area is 213 Å². The predicted octanol–water partition coefficient (Wildman–Crippen LogP) is 3.98. The number of hydrogen-bond acceptors (Lipinski definition) is 6. The number of benzene rings is 2. The number of aromatic nitrogens is 1. The Balaban J connectivity index is 1.81. The molecule has 0 radical (unpaired) electrons. The van der Waals surface area contributed by atoms with E-state index >= 15 is 0 Å². The van der Waals surface area contributed by atoms with E-state index in [0.717, 1.165) is 11.1 Å². The van der Waals surface area contributed by atoms with Gasteiger partial charge in [0.15, 0.2) is 15.6 Å². The number of esters is 1. The molecule has 11 heteroatoms. The van der Waals surface area contributed by atoms with Crippen LogP contribution in [0.5, 0.6) is 0 Å². The van der Waals surface area contributed by atoms with Crippen LogP contribution in [0.25, 0.3) is 10.9 Å². The summed E-state index contributed by atoms with van der Waals surface area (Å²) < 4.78 is 31.6. The van der Waals surface area contributed by atoms with E-state index in [2.05, 4.69) is 5.32 Å². The van der Waals surface area contributed by atoms with Gasteiger partial charge in [0.25, 0.3) is 5.91 Å². The minimum atomic E-state index is -3.90. The first kappa shape index (κ1) is 27.0. The smallest absolute Gasteiger partial charge is 0.321 e. The first-order chi connectivity index (χ1) is 16.4. The van der Waals surface area contributed by atoms with Gasteiger partial charge in [0.2, 0.25) is 0 Å². The van der Waals surface area contributed by atoms with Crippen molar-refractivity contribution in [2.75, 3.05) is 12.4 Å². The molecule has 1 amide bonds. The van der Waals surface area contributed by atoms with Crippen molar-refractivity contribution in [2.24, 2.45) is 7.05 Å². The molecule has 0 saturated carbocycles. The van der Waals surface area contributed by atoms with Crippen LogP contribution in [0, 0.1) is 6.92 Å². The SMILES string of the molecule is Cc1cc2c(cc(C(=O)N[C@H](CO)c3ccc(S(=O)(=O)CC(=O)OC(C)C)cc3)n2C)c(Cl)c1Cl. The molecular formula is C24H26Cl2N2O6S. The Morgan fingerprint density at radius 3 is 2.31 bits per heavy atom. The number of fused-ring (bicyclic) bond motifs is 1. The van der Waals surface area contributed by atoms with Crippen LogP contribution in [-0.4, -0.2) is 48.4 Å². The second-order valence-corrected chi connectivity index (χ2v) is 11.2. The highest BCUT2D eigenvalue weighted by Crippen LogP contribution is 2.35. The van der Waals surface area contributed by atoms with Gasteiger partial charge in [-0.25, -0.2) is 8.42 Å². The second-order valence-electron chi connectivity index (χ2n) is 8.42. The average molecular weight is 541 g/mol. The second kappa shape index (κ2) is 10.6. The molecule has 1 atom stereocenters. The van der Waals surface area contributed by atoms with E-state index in [1.165, 1.54) is 24.3 Å². The van der Waals surface area contributed by atoms with E-state index in [1.807, 2.05) is 13.0 Å². The van der Waals surface area contributed by atoms with Gasteiger partial charge in [0.05, 0.1) is 39.2 Å². The summed E-state index contributed by atoms with van der Waals surface area (Å²) in [5.41, 5.74) is 2.30. The van der Waals surface area contributed by atoms with Gasteiger partial charge in [-0.15, -0.1) is 0 Å². The Kier molecular flexibility index (Phi) is 8.16. The fraction of sp³-hybridized carbons (Fsp3) is 0.333. The molecule has 8 nitrogen and oxygen atoms in total. The minimum absolute atomic E-state index is 0.0689. The minimum Gasteiger partial charge on any atom is -0.462 e. The van der Waals surface area contributed by atoms with Crippen molar-refractivity contribution >= 4 is 55.8 Å². The summed E-state index contributed by atoms with van der Waals surface area (Å²) in [5.74, 6) is -2.07. The quantitative estimate of drug-likeness (QED) is 0.417. The number of aryl methyl sites for hydroxylation is 2. The first-order valence-corrected chi connectivity index (χ1v) is 13.1. The monoisotopic (exact) mass is 540 g/mol. The molecule has 0 fully saturated rings. The summed E-state index contributed by atoms with van der Waals surface area (Å²) in [7, 11) is -2.18. The highest BCUT2D eigenvalue weighted by Gasteiger charge is 2.23. The highest BCUT2D eigenvalue weighted by atomic mass is 35.5. The van der Waals surface area contributed by atoms with E-state index in [4.69, 9.17) is 27.9 Å². The lowest BCUT2D eigenvalue weighted by atomic mass is 10.1. The van der Waals surface area contributed by atoms with Crippen LogP contribution in [0.3, 0.4) is 0 Å². The molecule has 2 N–H and O–H groups in total. The lowest BCUT2D eigenvalue weighted by Crippen LogP contribution is -2.32. The van der Waals surface area contributed by atoms with Crippen molar-refractivity contribution in [3.8, 4) is 0 Å². The van der Waals surface area contributed by atoms with Crippen LogP contribution >= 0.6 is 23.2 Å². The Morgan fingerprint density at radius 2 is 1.74 bits per heavy atom. The molecule has 0 aliphatic heterocycles. The van der Waals surface area contributed by atoms with Crippen LogP contribution in [0.4, 0.5) is 0 Å². The number of carbonyl (C=O) groups excluding carboxylic acids is 2. The van der Waals surface area contributed by atoms with Crippen LogP contribution in [0.1, 0.15) is 41.5 Å². The number of rotatable bonds is 8. The van der Waals surface area contributed by atoms with Gasteiger partial charge in [-0.05, 0) is 56.2 Å². The summed E-state index contributed by atoms with van der Waals surface area (Å²) in [6.45, 7) is 4.66. The van der Waals surface area contributed by atoms with Gasteiger partial charge in [-0.2, -0.15) is 0 Å². The molecule has 0 saturated heterocycles. The Bertz CT molecular complexity index is 1380. The Hall–Kier alpha value is -2.59. The average Bonchev–Trinajstić information content (AvgIpc) is 3.11. The number of ether oxygens (including phenoxy) is 1. The van der Waals surface area contributed by atoms with E-state index in [9.17, 15) is 23.1 Å². The highest BCUT2D eigenvalue weighted by molar-refractivity contribution is 7.92. The molecule has 0 spiro atoms. The van der Waals surface area contributed by atoms with Crippen LogP contribution < -0.4 is 5.32 Å². The molecule has 3 rings (SSSR count). The molecule has 3 aromatic rings. The molecule has 35 heavy (non-hydrogen) atoms. The molecule has 188 valence electrons. The third kappa shape index (κ3) is 5.81. The first-order valence-electron chi connectivity index (χ1n) is 10.7.